The fourth-order valence-corrected chi connectivity index (χ4v) is 2.73. The Bertz CT molecular complexity index is 778. The SMILES string of the molecule is COc1ccccc1-n1cc(C(=O)O)c(-c2ccsc2)n1. The van der Waals surface area contributed by atoms with Crippen molar-refractivity contribution in [2.24, 2.45) is 0 Å². The molecule has 0 radical (unpaired) electrons. The minimum Gasteiger partial charge on any atom is -0.494 e. The van der Waals surface area contributed by atoms with Crippen LogP contribution in [0.2, 0.25) is 0 Å². The Morgan fingerprint density at radius 2 is 2.14 bits per heavy atom. The van der Waals surface area contributed by atoms with Crippen molar-refractivity contribution in [1.82, 2.24) is 9.78 Å². The number of aromatic nitrogens is 2. The summed E-state index contributed by atoms with van der Waals surface area (Å²) in [4.78, 5) is 11.4. The minimum absolute atomic E-state index is 0.166. The maximum absolute atomic E-state index is 11.4. The Labute approximate surface area is 125 Å². The summed E-state index contributed by atoms with van der Waals surface area (Å²) in [7, 11) is 1.57. The summed E-state index contributed by atoms with van der Waals surface area (Å²) in [5.41, 5.74) is 2.11. The normalized spacial score (nSPS) is 10.5. The second-order valence-corrected chi connectivity index (χ2v) is 5.11. The van der Waals surface area contributed by atoms with E-state index in [0.29, 0.717) is 17.1 Å². The number of carboxylic acid groups (broad SMARTS) is 1. The number of ether oxygens (including phenoxy) is 1. The Morgan fingerprint density at radius 3 is 2.81 bits per heavy atom. The molecule has 21 heavy (non-hydrogen) atoms. The number of hydrogen-bond donors (Lipinski definition) is 1. The largest absolute Gasteiger partial charge is 0.494 e. The van der Waals surface area contributed by atoms with Gasteiger partial charge in [0.2, 0.25) is 0 Å². The summed E-state index contributed by atoms with van der Waals surface area (Å²) in [6.45, 7) is 0. The molecule has 5 nitrogen and oxygen atoms in total. The molecule has 0 spiro atoms. The fraction of sp³-hybridized carbons (Fsp3) is 0.0667. The molecule has 0 atom stereocenters. The van der Waals surface area contributed by atoms with Crippen molar-refractivity contribution in [3.63, 3.8) is 0 Å². The minimum atomic E-state index is -1.00. The van der Waals surface area contributed by atoms with Crippen molar-refractivity contribution in [1.29, 1.82) is 0 Å². The van der Waals surface area contributed by atoms with Gasteiger partial charge in [0.15, 0.2) is 0 Å². The summed E-state index contributed by atoms with van der Waals surface area (Å²) in [5.74, 6) is -0.369. The van der Waals surface area contributed by atoms with Crippen LogP contribution < -0.4 is 4.74 Å². The zero-order chi connectivity index (χ0) is 14.8. The van der Waals surface area contributed by atoms with Crippen LogP contribution in [0.15, 0.2) is 47.3 Å². The number of carboxylic acids is 1. The lowest BCUT2D eigenvalue weighted by atomic mass is 10.1. The quantitative estimate of drug-likeness (QED) is 0.803. The lowest BCUT2D eigenvalue weighted by Crippen LogP contribution is -1.98. The number of hydrogen-bond acceptors (Lipinski definition) is 4. The average Bonchev–Trinajstić information content (AvgIpc) is 3.16. The molecule has 0 bridgehead atoms. The van der Waals surface area contributed by atoms with Crippen LogP contribution in [0.3, 0.4) is 0 Å². The topological polar surface area (TPSA) is 64.3 Å². The van der Waals surface area contributed by atoms with Gasteiger partial charge in [-0.1, -0.05) is 12.1 Å². The van der Waals surface area contributed by atoms with Crippen LogP contribution in [0.5, 0.6) is 5.75 Å². The first-order valence-electron chi connectivity index (χ1n) is 6.19. The Hall–Kier alpha value is -2.60. The summed E-state index contributed by atoms with van der Waals surface area (Å²) in [5, 5.41) is 17.6. The number of carbonyl (C=O) groups is 1. The molecule has 1 N–H and O–H groups in total. The first-order valence-corrected chi connectivity index (χ1v) is 7.14. The third-order valence-corrected chi connectivity index (χ3v) is 3.75. The number of rotatable bonds is 4. The van der Waals surface area contributed by atoms with Crippen LogP contribution in [-0.2, 0) is 0 Å². The zero-order valence-corrected chi connectivity index (χ0v) is 12.0. The highest BCUT2D eigenvalue weighted by Crippen LogP contribution is 2.28. The smallest absolute Gasteiger partial charge is 0.339 e. The van der Waals surface area contributed by atoms with Gasteiger partial charge in [0.25, 0.3) is 0 Å². The van der Waals surface area contributed by atoms with Gasteiger partial charge in [0.1, 0.15) is 22.7 Å². The highest BCUT2D eigenvalue weighted by atomic mass is 32.1. The van der Waals surface area contributed by atoms with E-state index in [0.717, 1.165) is 5.56 Å². The molecule has 0 aliphatic rings. The first-order chi connectivity index (χ1) is 10.2. The molecule has 0 fully saturated rings. The van der Waals surface area contributed by atoms with Gasteiger partial charge in [-0.15, -0.1) is 0 Å². The van der Waals surface area contributed by atoms with E-state index in [1.165, 1.54) is 22.2 Å². The van der Waals surface area contributed by atoms with Gasteiger partial charge >= 0.3 is 5.97 Å². The first kappa shape index (κ1) is 13.4. The van der Waals surface area contributed by atoms with Crippen molar-refractivity contribution in [2.45, 2.75) is 0 Å². The van der Waals surface area contributed by atoms with Crippen LogP contribution in [-0.4, -0.2) is 28.0 Å². The van der Waals surface area contributed by atoms with Gasteiger partial charge < -0.3 is 9.84 Å². The molecule has 1 aromatic carbocycles. The van der Waals surface area contributed by atoms with E-state index in [-0.39, 0.29) is 5.56 Å². The van der Waals surface area contributed by atoms with Crippen LogP contribution in [0, 0.1) is 0 Å². The number of benzene rings is 1. The zero-order valence-electron chi connectivity index (χ0n) is 11.2. The molecular formula is C15H12N2O3S. The summed E-state index contributed by atoms with van der Waals surface area (Å²) in [6, 6.07) is 9.19. The number of methoxy groups -OCH3 is 1. The van der Waals surface area contributed by atoms with Crippen LogP contribution in [0.25, 0.3) is 16.9 Å². The second-order valence-electron chi connectivity index (χ2n) is 4.32. The van der Waals surface area contributed by atoms with E-state index in [9.17, 15) is 9.90 Å². The van der Waals surface area contributed by atoms with Gasteiger partial charge in [-0.05, 0) is 23.6 Å². The van der Waals surface area contributed by atoms with E-state index < -0.39 is 5.97 Å². The molecule has 0 amide bonds. The molecule has 2 aromatic heterocycles. The summed E-state index contributed by atoms with van der Waals surface area (Å²) < 4.78 is 6.83. The molecule has 3 rings (SSSR count). The highest BCUT2D eigenvalue weighted by Gasteiger charge is 2.19. The maximum atomic E-state index is 11.4. The monoisotopic (exact) mass is 300 g/mol. The number of nitrogens with zero attached hydrogens (tertiary/aromatic N) is 2. The van der Waals surface area contributed by atoms with Crippen molar-refractivity contribution < 1.29 is 14.6 Å². The maximum Gasteiger partial charge on any atom is 0.339 e. The van der Waals surface area contributed by atoms with Crippen molar-refractivity contribution in [3.05, 3.63) is 52.9 Å². The fourth-order valence-electron chi connectivity index (χ4n) is 2.09. The molecule has 0 saturated carbocycles. The van der Waals surface area contributed by atoms with Crippen LogP contribution in [0.1, 0.15) is 10.4 Å². The lowest BCUT2D eigenvalue weighted by Gasteiger charge is -2.07. The Balaban J connectivity index is 2.17. The van der Waals surface area contributed by atoms with Gasteiger partial charge in [0, 0.05) is 17.1 Å². The van der Waals surface area contributed by atoms with Crippen LogP contribution >= 0.6 is 11.3 Å². The van der Waals surface area contributed by atoms with E-state index >= 15 is 0 Å². The molecular weight excluding hydrogens is 288 g/mol. The van der Waals surface area contributed by atoms with E-state index in [4.69, 9.17) is 4.74 Å². The Kier molecular flexibility index (Phi) is 3.45. The van der Waals surface area contributed by atoms with Gasteiger partial charge in [-0.3, -0.25) is 0 Å². The van der Waals surface area contributed by atoms with Crippen molar-refractivity contribution in [2.75, 3.05) is 7.11 Å². The Morgan fingerprint density at radius 1 is 1.33 bits per heavy atom. The molecule has 0 unspecified atom stereocenters. The third kappa shape index (κ3) is 2.41. The molecule has 0 saturated heterocycles. The number of para-hydroxylation sites is 2. The van der Waals surface area contributed by atoms with E-state index in [1.54, 1.807) is 7.11 Å². The second kappa shape index (κ2) is 5.41. The molecule has 2 heterocycles. The number of thiophene rings is 1. The number of aromatic carboxylic acids is 1. The van der Waals surface area contributed by atoms with Crippen LogP contribution in [0.4, 0.5) is 0 Å². The van der Waals surface area contributed by atoms with Gasteiger partial charge in [-0.2, -0.15) is 16.4 Å². The summed E-state index contributed by atoms with van der Waals surface area (Å²) >= 11 is 1.50. The predicted molar refractivity (Wildman–Crippen MR) is 80.4 cm³/mol. The lowest BCUT2D eigenvalue weighted by molar-refractivity contribution is 0.0697. The third-order valence-electron chi connectivity index (χ3n) is 3.07. The summed E-state index contributed by atoms with van der Waals surface area (Å²) in [6.07, 6.45) is 1.51. The van der Waals surface area contributed by atoms with Gasteiger partial charge in [-0.25, -0.2) is 9.48 Å². The average molecular weight is 300 g/mol. The molecule has 106 valence electrons. The molecule has 0 aliphatic heterocycles. The molecule has 3 aromatic rings. The van der Waals surface area contributed by atoms with Crippen molar-refractivity contribution in [3.8, 4) is 22.7 Å². The van der Waals surface area contributed by atoms with Crippen molar-refractivity contribution >= 4 is 17.3 Å². The molecule has 0 aliphatic carbocycles. The van der Waals surface area contributed by atoms with E-state index in [2.05, 4.69) is 5.10 Å². The highest BCUT2D eigenvalue weighted by molar-refractivity contribution is 7.08. The molecule has 6 heteroatoms. The standard InChI is InChI=1S/C15H12N2O3S/c1-20-13-5-3-2-4-12(13)17-8-11(15(18)19)14(16-17)10-6-7-21-9-10/h2-9H,1H3,(H,18,19). The van der Waals surface area contributed by atoms with E-state index in [1.807, 2.05) is 41.1 Å². The predicted octanol–water partition coefficient (Wildman–Crippen LogP) is 3.31. The van der Waals surface area contributed by atoms with Gasteiger partial charge in [0.05, 0.1) is 7.11 Å².